The number of aromatic nitrogens is 4. The predicted molar refractivity (Wildman–Crippen MR) is 135 cm³/mol. The number of nitrogens with one attached hydrogen (secondary N) is 1. The maximum absolute atomic E-state index is 15.7. The van der Waals surface area contributed by atoms with Crippen LogP contribution in [0.15, 0.2) is 18.5 Å². The number of ether oxygens (including phenoxy) is 2. The minimum Gasteiger partial charge on any atom is -0.461 e. The number of hydrogen-bond donors (Lipinski definition) is 4. The highest BCUT2D eigenvalue weighted by Gasteiger charge is 2.57. The summed E-state index contributed by atoms with van der Waals surface area (Å²) in [5.41, 5.74) is 13.4. The second-order valence-electron chi connectivity index (χ2n) is 8.75. The Balaban J connectivity index is 1.33. The molecule has 6 N–H and O–H groups in total. The van der Waals surface area contributed by atoms with Crippen LogP contribution in [0.2, 0.25) is 0 Å². The summed E-state index contributed by atoms with van der Waals surface area (Å²) < 4.78 is 49.9. The minimum atomic E-state index is -3.97. The van der Waals surface area contributed by atoms with Crippen LogP contribution in [0.4, 0.5) is 16.2 Å². The first-order valence-corrected chi connectivity index (χ1v) is 13.6. The highest BCUT2D eigenvalue weighted by Crippen LogP contribution is 2.52. The van der Waals surface area contributed by atoms with Gasteiger partial charge in [-0.1, -0.05) is 0 Å². The van der Waals surface area contributed by atoms with E-state index in [1.165, 1.54) is 23.9 Å². The lowest BCUT2D eigenvalue weighted by Gasteiger charge is -2.29. The molecule has 0 aliphatic carbocycles. The summed E-state index contributed by atoms with van der Waals surface area (Å²) in [5.74, 6) is -0.263. The fourth-order valence-corrected chi connectivity index (χ4v) is 6.24. The number of esters is 1. The zero-order valence-electron chi connectivity index (χ0n) is 20.1. The molecule has 0 radical (unpaired) electrons. The summed E-state index contributed by atoms with van der Waals surface area (Å²) in [5, 5.41) is 13.8. The van der Waals surface area contributed by atoms with Crippen molar-refractivity contribution in [1.82, 2.24) is 24.6 Å². The summed E-state index contributed by atoms with van der Waals surface area (Å²) >= 11 is 2.92. The molecule has 204 valence electrons. The lowest BCUT2D eigenvalue weighted by atomic mass is 10.1. The predicted octanol–water partition coefficient (Wildman–Crippen LogP) is 1.99. The SMILES string of the molecule is CC(=O)OCc1cnc(C)c2c1CNP(=O)(OC[C@H]1O[C@@H](n3ccc4c(N)nc(N)nc43)C(F)(Br)C1O)O2. The second-order valence-corrected chi connectivity index (χ2v) is 11.7. The molecule has 5 atom stereocenters. The summed E-state index contributed by atoms with van der Waals surface area (Å²) in [6.07, 6.45) is -1.39. The Morgan fingerprint density at radius 3 is 2.95 bits per heavy atom. The molecule has 0 bridgehead atoms. The average molecular weight is 616 g/mol. The molecule has 3 aromatic heterocycles. The van der Waals surface area contributed by atoms with E-state index in [0.717, 1.165) is 0 Å². The van der Waals surface area contributed by atoms with Crippen molar-refractivity contribution in [2.45, 2.75) is 50.0 Å². The van der Waals surface area contributed by atoms with E-state index in [-0.39, 0.29) is 36.3 Å². The van der Waals surface area contributed by atoms with Crippen molar-refractivity contribution in [3.8, 4) is 5.75 Å². The van der Waals surface area contributed by atoms with Gasteiger partial charge in [-0.25, -0.2) is 14.0 Å². The first-order chi connectivity index (χ1) is 17.9. The van der Waals surface area contributed by atoms with Crippen LogP contribution in [0, 0.1) is 6.92 Å². The number of halogens is 2. The summed E-state index contributed by atoms with van der Waals surface area (Å²) in [6, 6.07) is 1.56. The highest BCUT2D eigenvalue weighted by molar-refractivity contribution is 9.10. The number of nitrogen functional groups attached to an aromatic ring is 2. The van der Waals surface area contributed by atoms with Gasteiger partial charge in [-0.15, -0.1) is 0 Å². The normalized spacial score (nSPS) is 28.7. The molecule has 2 aliphatic heterocycles. The summed E-state index contributed by atoms with van der Waals surface area (Å²) in [6.45, 7) is 2.47. The Morgan fingerprint density at radius 2 is 2.21 bits per heavy atom. The van der Waals surface area contributed by atoms with Gasteiger partial charge < -0.3 is 35.1 Å². The number of anilines is 2. The van der Waals surface area contributed by atoms with Gasteiger partial charge >= 0.3 is 13.7 Å². The second kappa shape index (κ2) is 9.70. The van der Waals surface area contributed by atoms with Gasteiger partial charge in [0.2, 0.25) is 10.5 Å². The van der Waals surface area contributed by atoms with Crippen LogP contribution in [0.25, 0.3) is 11.0 Å². The van der Waals surface area contributed by atoms with Gasteiger partial charge in [-0.05, 0) is 28.9 Å². The van der Waals surface area contributed by atoms with Crippen LogP contribution in [0.1, 0.15) is 30.0 Å². The zero-order valence-corrected chi connectivity index (χ0v) is 22.6. The first-order valence-electron chi connectivity index (χ1n) is 11.3. The number of nitrogens with zero attached hydrogens (tertiary/aromatic N) is 4. The van der Waals surface area contributed by atoms with Gasteiger partial charge in [0, 0.05) is 37.0 Å². The van der Waals surface area contributed by atoms with Gasteiger partial charge in [0.05, 0.1) is 17.7 Å². The quantitative estimate of drug-likeness (QED) is 0.178. The van der Waals surface area contributed by atoms with E-state index in [0.29, 0.717) is 22.2 Å². The van der Waals surface area contributed by atoms with Crippen LogP contribution in [0.3, 0.4) is 0 Å². The number of aliphatic hydroxyl groups is 1. The molecule has 0 amide bonds. The third kappa shape index (κ3) is 4.72. The maximum atomic E-state index is 15.7. The standard InChI is InChI=1S/C21H24BrFN7O7P/c1-9-15-13(11(5-26-9)7-34-10(2)31)6-27-38(33,37-15)35-8-14-16(32)21(22,23)19(36-14)30-4-3-12-17(24)28-20(25)29-18(12)30/h3-5,14,16,19,32H,6-8H2,1-2H3,(H,27,33)(H4,24,25,28,29)/t14-,16?,19-,21?,38?/m1/s1. The zero-order chi connectivity index (χ0) is 27.4. The van der Waals surface area contributed by atoms with E-state index in [9.17, 15) is 14.5 Å². The largest absolute Gasteiger partial charge is 0.461 e. The number of carbonyl (C=O) groups is 1. The van der Waals surface area contributed by atoms with Gasteiger partial charge in [0.1, 0.15) is 30.3 Å². The van der Waals surface area contributed by atoms with Gasteiger partial charge in [0.25, 0.3) is 0 Å². The van der Waals surface area contributed by atoms with E-state index in [1.807, 2.05) is 0 Å². The number of fused-ring (bicyclic) bond motifs is 2. The Bertz CT molecular complexity index is 1470. The monoisotopic (exact) mass is 615 g/mol. The molecule has 0 saturated carbocycles. The van der Waals surface area contributed by atoms with Crippen molar-refractivity contribution in [3.05, 3.63) is 35.3 Å². The Morgan fingerprint density at radius 1 is 1.45 bits per heavy atom. The number of alkyl halides is 2. The number of aliphatic hydroxyl groups excluding tert-OH is 1. The molecule has 1 fully saturated rings. The van der Waals surface area contributed by atoms with E-state index in [1.54, 1.807) is 13.0 Å². The number of rotatable bonds is 6. The fraction of sp³-hybridized carbons (Fsp3) is 0.429. The number of nitrogens with two attached hydrogens (primary N) is 2. The highest BCUT2D eigenvalue weighted by atomic mass is 79.9. The van der Waals surface area contributed by atoms with Gasteiger partial charge in [-0.3, -0.25) is 14.3 Å². The van der Waals surface area contributed by atoms with Gasteiger partial charge in [0.15, 0.2) is 12.0 Å². The van der Waals surface area contributed by atoms with Crippen molar-refractivity contribution in [2.75, 3.05) is 18.1 Å². The average Bonchev–Trinajstić information content (AvgIpc) is 3.36. The summed E-state index contributed by atoms with van der Waals surface area (Å²) in [7, 11) is -3.97. The third-order valence-corrected chi connectivity index (χ3v) is 8.47. The molecule has 0 spiro atoms. The van der Waals surface area contributed by atoms with Crippen LogP contribution in [-0.2, 0) is 36.5 Å². The first kappa shape index (κ1) is 26.7. The molecule has 14 nitrogen and oxygen atoms in total. The third-order valence-electron chi connectivity index (χ3n) is 6.16. The van der Waals surface area contributed by atoms with Crippen molar-refractivity contribution in [3.63, 3.8) is 0 Å². The van der Waals surface area contributed by atoms with E-state index >= 15 is 4.39 Å². The Labute approximate surface area is 223 Å². The fourth-order valence-electron chi connectivity index (χ4n) is 4.24. The molecular formula is C21H24BrFN7O7P. The molecule has 5 heterocycles. The van der Waals surface area contributed by atoms with Crippen LogP contribution < -0.4 is 21.1 Å². The molecular weight excluding hydrogens is 592 g/mol. The van der Waals surface area contributed by atoms with Crippen LogP contribution in [-0.4, -0.2) is 54.0 Å². The molecule has 0 aromatic carbocycles. The summed E-state index contributed by atoms with van der Waals surface area (Å²) in [4.78, 5) is 23.4. The van der Waals surface area contributed by atoms with Gasteiger partial charge in [-0.2, -0.15) is 9.97 Å². The Hall–Kier alpha value is -2.88. The molecule has 1 saturated heterocycles. The van der Waals surface area contributed by atoms with E-state index < -0.39 is 43.3 Å². The lowest BCUT2D eigenvalue weighted by Crippen LogP contribution is -2.38. The molecule has 3 unspecified atom stereocenters. The minimum absolute atomic E-state index is 0.0369. The Kier molecular flexibility index (Phi) is 6.82. The van der Waals surface area contributed by atoms with Crippen LogP contribution in [0.5, 0.6) is 5.75 Å². The number of pyridine rings is 1. The molecule has 38 heavy (non-hydrogen) atoms. The van der Waals surface area contributed by atoms with E-state index in [4.69, 9.17) is 30.0 Å². The molecule has 17 heteroatoms. The number of carbonyl (C=O) groups excluding carboxylic acids is 1. The topological polar surface area (TPSA) is 199 Å². The van der Waals surface area contributed by atoms with Crippen molar-refractivity contribution in [2.24, 2.45) is 0 Å². The molecule has 3 aromatic rings. The number of hydrogen-bond acceptors (Lipinski definition) is 12. The van der Waals surface area contributed by atoms with Crippen molar-refractivity contribution in [1.29, 1.82) is 0 Å². The molecule has 2 aliphatic rings. The van der Waals surface area contributed by atoms with Crippen molar-refractivity contribution < 1.29 is 37.4 Å². The maximum Gasteiger partial charge on any atom is 0.459 e. The lowest BCUT2D eigenvalue weighted by molar-refractivity contribution is -0.142. The van der Waals surface area contributed by atoms with Crippen LogP contribution >= 0.6 is 23.7 Å². The smallest absolute Gasteiger partial charge is 0.459 e. The van der Waals surface area contributed by atoms with E-state index in [2.05, 4.69) is 36.0 Å². The molecule has 5 rings (SSSR count). The van der Waals surface area contributed by atoms with Crippen molar-refractivity contribution >= 4 is 52.4 Å². The number of aryl methyl sites for hydroxylation is 1.